The zero-order valence-corrected chi connectivity index (χ0v) is 19.6. The molecule has 0 unspecified atom stereocenters. The van der Waals surface area contributed by atoms with Crippen molar-refractivity contribution >= 4 is 11.7 Å². The first-order valence-electron chi connectivity index (χ1n) is 11.1. The van der Waals surface area contributed by atoms with Crippen LogP contribution in [-0.4, -0.2) is 28.7 Å². The van der Waals surface area contributed by atoms with E-state index >= 15 is 0 Å². The molecule has 0 bridgehead atoms. The molecule has 7 nitrogen and oxygen atoms in total. The van der Waals surface area contributed by atoms with Gasteiger partial charge in [-0.15, -0.1) is 0 Å². The number of hydrogen-bond acceptors (Lipinski definition) is 6. The van der Waals surface area contributed by atoms with Crippen molar-refractivity contribution in [1.29, 1.82) is 0 Å². The lowest BCUT2D eigenvalue weighted by Gasteiger charge is -2.24. The number of nitrogens with zero attached hydrogens (tertiary/aromatic N) is 2. The molecule has 3 aromatic rings. The van der Waals surface area contributed by atoms with Crippen LogP contribution in [0.1, 0.15) is 42.3 Å². The molecule has 0 amide bonds. The highest BCUT2D eigenvalue weighted by molar-refractivity contribution is 5.67. The third-order valence-electron chi connectivity index (χ3n) is 6.14. The largest absolute Gasteiger partial charge is 0.497 e. The molecule has 0 saturated carbocycles. The first-order chi connectivity index (χ1) is 15.8. The Morgan fingerprint density at radius 2 is 1.97 bits per heavy atom. The summed E-state index contributed by atoms with van der Waals surface area (Å²) in [5.74, 6) is 1.04. The second kappa shape index (κ2) is 9.10. The fourth-order valence-electron chi connectivity index (χ4n) is 4.55. The zero-order valence-electron chi connectivity index (χ0n) is 19.6. The number of ether oxygens (including phenoxy) is 2. The Balaban J connectivity index is 1.78. The van der Waals surface area contributed by atoms with E-state index in [1.54, 1.807) is 11.7 Å². The van der Waals surface area contributed by atoms with Crippen molar-refractivity contribution in [1.82, 2.24) is 9.55 Å². The first kappa shape index (κ1) is 22.6. The minimum atomic E-state index is -0.391. The van der Waals surface area contributed by atoms with Gasteiger partial charge in [-0.3, -0.25) is 14.2 Å². The fourth-order valence-corrected chi connectivity index (χ4v) is 4.55. The molecule has 0 spiro atoms. The molecule has 2 aromatic carbocycles. The molecule has 1 heterocycles. The van der Waals surface area contributed by atoms with E-state index < -0.39 is 6.10 Å². The van der Waals surface area contributed by atoms with E-state index in [4.69, 9.17) is 14.5 Å². The number of hydrogen-bond donors (Lipinski definition) is 1. The fraction of sp³-hybridized carbons (Fsp3) is 0.346. The maximum absolute atomic E-state index is 13.6. The van der Waals surface area contributed by atoms with Gasteiger partial charge >= 0.3 is 5.97 Å². The Labute approximate surface area is 193 Å². The van der Waals surface area contributed by atoms with Crippen molar-refractivity contribution in [2.24, 2.45) is 0 Å². The van der Waals surface area contributed by atoms with Gasteiger partial charge in [-0.1, -0.05) is 24.3 Å². The highest BCUT2D eigenvalue weighted by Crippen LogP contribution is 2.36. The van der Waals surface area contributed by atoms with Crippen LogP contribution in [0.25, 0.3) is 11.4 Å². The smallest absolute Gasteiger partial charge is 0.302 e. The Hall–Kier alpha value is -3.61. The van der Waals surface area contributed by atoms with Crippen molar-refractivity contribution in [3.8, 4) is 17.1 Å². The average Bonchev–Trinajstić information content (AvgIpc) is 3.12. The van der Waals surface area contributed by atoms with Crippen LogP contribution in [-0.2, 0) is 22.5 Å². The van der Waals surface area contributed by atoms with Crippen molar-refractivity contribution in [3.05, 3.63) is 75.2 Å². The summed E-state index contributed by atoms with van der Waals surface area (Å²) in [5.41, 5.74) is 4.86. The molecule has 0 fully saturated rings. The number of benzene rings is 2. The summed E-state index contributed by atoms with van der Waals surface area (Å²) in [5, 5.41) is 3.38. The highest BCUT2D eigenvalue weighted by Gasteiger charge is 2.35. The van der Waals surface area contributed by atoms with Gasteiger partial charge in [-0.05, 0) is 55.7 Å². The summed E-state index contributed by atoms with van der Waals surface area (Å²) in [6, 6.07) is 13.4. The van der Waals surface area contributed by atoms with Crippen LogP contribution in [0.2, 0.25) is 0 Å². The van der Waals surface area contributed by atoms with E-state index in [0.29, 0.717) is 30.2 Å². The average molecular weight is 448 g/mol. The molecule has 33 heavy (non-hydrogen) atoms. The lowest BCUT2D eigenvalue weighted by molar-refractivity contribution is -0.146. The van der Waals surface area contributed by atoms with Gasteiger partial charge < -0.3 is 14.8 Å². The van der Waals surface area contributed by atoms with Gasteiger partial charge in [0.15, 0.2) is 0 Å². The molecule has 7 heteroatoms. The van der Waals surface area contributed by atoms with E-state index in [1.165, 1.54) is 6.92 Å². The Kier molecular flexibility index (Phi) is 6.22. The summed E-state index contributed by atoms with van der Waals surface area (Å²) in [6.07, 6.45) is 0.211. The lowest BCUT2D eigenvalue weighted by Crippen LogP contribution is -2.32. The summed E-state index contributed by atoms with van der Waals surface area (Å²) in [7, 11) is 1.63. The predicted octanol–water partition coefficient (Wildman–Crippen LogP) is 4.20. The lowest BCUT2D eigenvalue weighted by atomic mass is 10.1. The van der Waals surface area contributed by atoms with Crippen molar-refractivity contribution in [3.63, 3.8) is 0 Å². The summed E-state index contributed by atoms with van der Waals surface area (Å²) in [4.78, 5) is 30.2. The Bertz CT molecular complexity index is 1260. The predicted molar refractivity (Wildman–Crippen MR) is 128 cm³/mol. The monoisotopic (exact) mass is 447 g/mol. The zero-order chi connectivity index (χ0) is 23.7. The molecule has 0 saturated heterocycles. The Morgan fingerprint density at radius 1 is 1.21 bits per heavy atom. The maximum atomic E-state index is 13.6. The maximum Gasteiger partial charge on any atom is 0.302 e. The highest BCUT2D eigenvalue weighted by atomic mass is 16.5. The number of fused-ring (bicyclic) bond motifs is 1. The number of carbonyl (C=O) groups excluding carboxylic acids is 1. The normalized spacial score (nSPS) is 16.9. The van der Waals surface area contributed by atoms with E-state index in [2.05, 4.69) is 5.32 Å². The number of anilines is 1. The third kappa shape index (κ3) is 4.23. The van der Waals surface area contributed by atoms with E-state index in [0.717, 1.165) is 28.0 Å². The van der Waals surface area contributed by atoms with E-state index in [1.807, 2.05) is 63.2 Å². The number of carbonyl (C=O) groups is 1. The number of aromatic nitrogens is 2. The summed E-state index contributed by atoms with van der Waals surface area (Å²) >= 11 is 0. The van der Waals surface area contributed by atoms with Gasteiger partial charge in [0, 0.05) is 25.5 Å². The standard InChI is InChI=1S/C26H29N3O4/c1-6-29-25(20-12-11-19(32-5)13-15(20)2)27-16(3)23(26(29)31)28-24-21-10-8-7-9-18(21)14-22(24)33-17(4)30/h7-13,22,24,28H,6,14H2,1-5H3/t22-,24+/m0/s1. The van der Waals surface area contributed by atoms with Crippen molar-refractivity contribution in [2.45, 2.75) is 52.8 Å². The molecular formula is C26H29N3O4. The molecule has 1 N–H and O–H groups in total. The minimum Gasteiger partial charge on any atom is -0.497 e. The first-order valence-corrected chi connectivity index (χ1v) is 11.1. The number of rotatable bonds is 6. The van der Waals surface area contributed by atoms with Crippen LogP contribution >= 0.6 is 0 Å². The number of esters is 1. The minimum absolute atomic E-state index is 0.152. The van der Waals surface area contributed by atoms with Crippen molar-refractivity contribution in [2.75, 3.05) is 12.4 Å². The topological polar surface area (TPSA) is 82.4 Å². The molecule has 1 aliphatic carbocycles. The van der Waals surface area contributed by atoms with Gasteiger partial charge in [0.05, 0.1) is 18.8 Å². The summed E-state index contributed by atoms with van der Waals surface area (Å²) in [6.45, 7) is 7.61. The van der Waals surface area contributed by atoms with Crippen LogP contribution in [0, 0.1) is 13.8 Å². The molecule has 1 aromatic heterocycles. The Morgan fingerprint density at radius 3 is 2.64 bits per heavy atom. The summed E-state index contributed by atoms with van der Waals surface area (Å²) < 4.78 is 12.6. The van der Waals surface area contributed by atoms with E-state index in [9.17, 15) is 9.59 Å². The second-order valence-electron chi connectivity index (χ2n) is 8.30. The van der Waals surface area contributed by atoms with Gasteiger partial charge in [0.1, 0.15) is 23.4 Å². The molecule has 2 atom stereocenters. The van der Waals surface area contributed by atoms with Gasteiger partial charge in [-0.25, -0.2) is 4.98 Å². The van der Waals surface area contributed by atoms with Crippen molar-refractivity contribution < 1.29 is 14.3 Å². The van der Waals surface area contributed by atoms with Gasteiger partial charge in [0.25, 0.3) is 5.56 Å². The van der Waals surface area contributed by atoms with Gasteiger partial charge in [0.2, 0.25) is 0 Å². The number of nitrogens with one attached hydrogen (secondary N) is 1. The van der Waals surface area contributed by atoms with E-state index in [-0.39, 0.29) is 17.6 Å². The quantitative estimate of drug-likeness (QED) is 0.571. The molecule has 1 aliphatic rings. The SMILES string of the molecule is CCn1c(-c2ccc(OC)cc2C)nc(C)c(N[C@@H]2c3ccccc3C[C@@H]2OC(C)=O)c1=O. The third-order valence-corrected chi connectivity index (χ3v) is 6.14. The molecular weight excluding hydrogens is 418 g/mol. The number of methoxy groups -OCH3 is 1. The number of aryl methyl sites for hydroxylation is 2. The van der Waals surface area contributed by atoms with Crippen LogP contribution in [0.5, 0.6) is 5.75 Å². The molecule has 172 valence electrons. The van der Waals surface area contributed by atoms with Crippen LogP contribution < -0.4 is 15.6 Å². The second-order valence-corrected chi connectivity index (χ2v) is 8.30. The van der Waals surface area contributed by atoms with Crippen LogP contribution in [0.3, 0.4) is 0 Å². The molecule has 0 aliphatic heterocycles. The van der Waals surface area contributed by atoms with Crippen LogP contribution in [0.15, 0.2) is 47.3 Å². The van der Waals surface area contributed by atoms with Crippen LogP contribution in [0.4, 0.5) is 5.69 Å². The molecule has 4 rings (SSSR count). The molecule has 0 radical (unpaired) electrons. The van der Waals surface area contributed by atoms with Gasteiger partial charge in [-0.2, -0.15) is 0 Å².